The van der Waals surface area contributed by atoms with Crippen LogP contribution in [-0.4, -0.2) is 39.3 Å². The van der Waals surface area contributed by atoms with Crippen molar-refractivity contribution >= 4 is 21.6 Å². The van der Waals surface area contributed by atoms with E-state index in [1.807, 2.05) is 0 Å². The quantitative estimate of drug-likeness (QED) is 0.820. The fourth-order valence-electron chi connectivity index (χ4n) is 2.27. The van der Waals surface area contributed by atoms with E-state index in [0.717, 1.165) is 24.1 Å². The van der Waals surface area contributed by atoms with Crippen molar-refractivity contribution in [3.8, 4) is 0 Å². The SMILES string of the molecule is CC(=O)N1CCCc2cc(S(=O)(=O)N(C)C)ccc21. The minimum absolute atomic E-state index is 0.0100. The van der Waals surface area contributed by atoms with Crippen LogP contribution < -0.4 is 4.90 Å². The number of fused-ring (bicyclic) bond motifs is 1. The summed E-state index contributed by atoms with van der Waals surface area (Å²) in [5.41, 5.74) is 1.75. The van der Waals surface area contributed by atoms with Crippen LogP contribution in [0.4, 0.5) is 5.69 Å². The standard InChI is InChI=1S/C13H18N2O3S/c1-10(16)15-8-4-5-11-9-12(6-7-13(11)15)19(17,18)14(2)3/h6-7,9H,4-5,8H2,1-3H3. The van der Waals surface area contributed by atoms with Crippen molar-refractivity contribution in [2.75, 3.05) is 25.5 Å². The van der Waals surface area contributed by atoms with E-state index in [2.05, 4.69) is 0 Å². The fourth-order valence-corrected chi connectivity index (χ4v) is 3.22. The highest BCUT2D eigenvalue weighted by atomic mass is 32.2. The van der Waals surface area contributed by atoms with E-state index in [-0.39, 0.29) is 10.8 Å². The Morgan fingerprint density at radius 1 is 1.32 bits per heavy atom. The van der Waals surface area contributed by atoms with Crippen LogP contribution in [0, 0.1) is 0 Å². The Balaban J connectivity index is 2.48. The zero-order valence-electron chi connectivity index (χ0n) is 11.4. The molecule has 5 nitrogen and oxygen atoms in total. The van der Waals surface area contributed by atoms with Gasteiger partial charge < -0.3 is 4.90 Å². The maximum atomic E-state index is 12.1. The van der Waals surface area contributed by atoms with Crippen molar-refractivity contribution in [3.05, 3.63) is 23.8 Å². The van der Waals surface area contributed by atoms with Gasteiger partial charge in [-0.15, -0.1) is 0 Å². The van der Waals surface area contributed by atoms with E-state index >= 15 is 0 Å². The zero-order chi connectivity index (χ0) is 14.2. The maximum Gasteiger partial charge on any atom is 0.242 e. The van der Waals surface area contributed by atoms with Crippen molar-refractivity contribution in [2.24, 2.45) is 0 Å². The maximum absolute atomic E-state index is 12.1. The molecule has 19 heavy (non-hydrogen) atoms. The molecular formula is C13H18N2O3S. The molecule has 104 valence electrons. The summed E-state index contributed by atoms with van der Waals surface area (Å²) in [5, 5.41) is 0. The van der Waals surface area contributed by atoms with Gasteiger partial charge in [-0.2, -0.15) is 0 Å². The summed E-state index contributed by atoms with van der Waals surface area (Å²) in [6.45, 7) is 2.22. The van der Waals surface area contributed by atoms with Gasteiger partial charge in [-0.3, -0.25) is 4.79 Å². The van der Waals surface area contributed by atoms with Gasteiger partial charge in [0.1, 0.15) is 0 Å². The first kappa shape index (κ1) is 14.0. The number of aryl methyl sites for hydroxylation is 1. The molecule has 0 N–H and O–H groups in total. The first-order valence-electron chi connectivity index (χ1n) is 6.17. The van der Waals surface area contributed by atoms with Gasteiger partial charge in [0.15, 0.2) is 0 Å². The summed E-state index contributed by atoms with van der Waals surface area (Å²) < 4.78 is 25.4. The van der Waals surface area contributed by atoms with Crippen molar-refractivity contribution in [3.63, 3.8) is 0 Å². The third kappa shape index (κ3) is 2.50. The van der Waals surface area contributed by atoms with Gasteiger partial charge in [0.05, 0.1) is 4.90 Å². The Morgan fingerprint density at radius 2 is 2.00 bits per heavy atom. The molecule has 1 heterocycles. The smallest absolute Gasteiger partial charge is 0.242 e. The number of nitrogens with zero attached hydrogens (tertiary/aromatic N) is 2. The number of carbonyl (C=O) groups excluding carboxylic acids is 1. The third-order valence-electron chi connectivity index (χ3n) is 3.33. The number of anilines is 1. The van der Waals surface area contributed by atoms with Crippen LogP contribution in [0.15, 0.2) is 23.1 Å². The number of rotatable bonds is 2. The highest BCUT2D eigenvalue weighted by molar-refractivity contribution is 7.89. The summed E-state index contributed by atoms with van der Waals surface area (Å²) in [5.74, 6) is -0.0100. The Hall–Kier alpha value is -1.40. The van der Waals surface area contributed by atoms with Crippen LogP contribution in [0.1, 0.15) is 18.9 Å². The second-order valence-corrected chi connectivity index (χ2v) is 7.00. The molecule has 0 aliphatic carbocycles. The van der Waals surface area contributed by atoms with Crippen LogP contribution in [0.5, 0.6) is 0 Å². The van der Waals surface area contributed by atoms with Crippen LogP contribution >= 0.6 is 0 Å². The van der Waals surface area contributed by atoms with E-state index in [1.165, 1.54) is 25.3 Å². The van der Waals surface area contributed by atoms with E-state index < -0.39 is 10.0 Å². The molecule has 0 bridgehead atoms. The average molecular weight is 282 g/mol. The normalized spacial score (nSPS) is 15.5. The first-order valence-corrected chi connectivity index (χ1v) is 7.61. The number of sulfonamides is 1. The number of hydrogen-bond donors (Lipinski definition) is 0. The molecule has 0 unspecified atom stereocenters. The first-order chi connectivity index (χ1) is 8.84. The van der Waals surface area contributed by atoms with Crippen molar-refractivity contribution in [1.82, 2.24) is 4.31 Å². The zero-order valence-corrected chi connectivity index (χ0v) is 12.2. The van der Waals surface area contributed by atoms with Gasteiger partial charge in [-0.25, -0.2) is 12.7 Å². The van der Waals surface area contributed by atoms with Crippen molar-refractivity contribution < 1.29 is 13.2 Å². The molecule has 1 aliphatic heterocycles. The molecule has 0 aromatic heterocycles. The second kappa shape index (κ2) is 4.94. The molecular weight excluding hydrogens is 264 g/mol. The molecule has 0 saturated heterocycles. The van der Waals surface area contributed by atoms with Gasteiger partial charge in [-0.1, -0.05) is 0 Å². The summed E-state index contributed by atoms with van der Waals surface area (Å²) in [6.07, 6.45) is 1.66. The predicted molar refractivity (Wildman–Crippen MR) is 73.7 cm³/mol. The lowest BCUT2D eigenvalue weighted by molar-refractivity contribution is -0.116. The Labute approximate surface area is 113 Å². The highest BCUT2D eigenvalue weighted by Gasteiger charge is 2.23. The topological polar surface area (TPSA) is 57.7 Å². The van der Waals surface area contributed by atoms with Crippen molar-refractivity contribution in [2.45, 2.75) is 24.7 Å². The minimum atomic E-state index is -3.42. The molecule has 0 spiro atoms. The Kier molecular flexibility index (Phi) is 3.64. The molecule has 1 aliphatic rings. The second-order valence-electron chi connectivity index (χ2n) is 4.85. The number of benzene rings is 1. The lowest BCUT2D eigenvalue weighted by Gasteiger charge is -2.29. The Bertz CT molecular complexity index is 608. The third-order valence-corrected chi connectivity index (χ3v) is 5.14. The summed E-state index contributed by atoms with van der Waals surface area (Å²) in [6, 6.07) is 4.97. The summed E-state index contributed by atoms with van der Waals surface area (Å²) in [7, 11) is -0.397. The highest BCUT2D eigenvalue weighted by Crippen LogP contribution is 2.30. The molecule has 6 heteroatoms. The molecule has 1 aromatic rings. The molecule has 2 rings (SSSR count). The number of hydrogen-bond acceptors (Lipinski definition) is 3. The van der Waals surface area contributed by atoms with Crippen LogP contribution in [0.2, 0.25) is 0 Å². The predicted octanol–water partition coefficient (Wildman–Crippen LogP) is 1.24. The van der Waals surface area contributed by atoms with E-state index in [0.29, 0.717) is 6.54 Å². The molecule has 1 aromatic carbocycles. The molecule has 1 amide bonds. The minimum Gasteiger partial charge on any atom is -0.312 e. The largest absolute Gasteiger partial charge is 0.312 e. The summed E-state index contributed by atoms with van der Waals surface area (Å²) >= 11 is 0. The summed E-state index contributed by atoms with van der Waals surface area (Å²) in [4.78, 5) is 13.5. The van der Waals surface area contributed by atoms with Gasteiger partial charge in [0, 0.05) is 33.3 Å². The molecule has 0 fully saturated rings. The Morgan fingerprint density at radius 3 is 2.58 bits per heavy atom. The number of amides is 1. The van der Waals surface area contributed by atoms with Crippen LogP contribution in [0.3, 0.4) is 0 Å². The van der Waals surface area contributed by atoms with Gasteiger partial charge in [0.25, 0.3) is 0 Å². The van der Waals surface area contributed by atoms with Gasteiger partial charge in [-0.05, 0) is 36.6 Å². The molecule has 0 radical (unpaired) electrons. The molecule has 0 atom stereocenters. The lowest BCUT2D eigenvalue weighted by Crippen LogP contribution is -2.33. The van der Waals surface area contributed by atoms with E-state index in [1.54, 1.807) is 23.1 Å². The monoisotopic (exact) mass is 282 g/mol. The van der Waals surface area contributed by atoms with Crippen LogP contribution in [0.25, 0.3) is 0 Å². The van der Waals surface area contributed by atoms with E-state index in [9.17, 15) is 13.2 Å². The van der Waals surface area contributed by atoms with E-state index in [4.69, 9.17) is 0 Å². The van der Waals surface area contributed by atoms with Crippen LogP contribution in [-0.2, 0) is 21.2 Å². The van der Waals surface area contributed by atoms with Gasteiger partial charge >= 0.3 is 0 Å². The number of carbonyl (C=O) groups is 1. The fraction of sp³-hybridized carbons (Fsp3) is 0.462. The van der Waals surface area contributed by atoms with Crippen molar-refractivity contribution in [1.29, 1.82) is 0 Å². The lowest BCUT2D eigenvalue weighted by atomic mass is 10.0. The average Bonchev–Trinajstić information content (AvgIpc) is 2.36. The molecule has 0 saturated carbocycles. The van der Waals surface area contributed by atoms with Gasteiger partial charge in [0.2, 0.25) is 15.9 Å².